The van der Waals surface area contributed by atoms with Crippen LogP contribution in [0.15, 0.2) is 47.3 Å². The zero-order chi connectivity index (χ0) is 22.5. The lowest BCUT2D eigenvalue weighted by atomic mass is 9.97. The highest BCUT2D eigenvalue weighted by atomic mass is 16.5. The van der Waals surface area contributed by atoms with Crippen molar-refractivity contribution < 1.29 is 14.3 Å². The Morgan fingerprint density at radius 2 is 2.09 bits per heavy atom. The second kappa shape index (κ2) is 9.72. The molecular formula is C24H28N4O4. The average Bonchev–Trinajstić information content (AvgIpc) is 2.82. The molecule has 2 aromatic carbocycles. The SMILES string of the molecule is CCOc1cc(CNC(=O)[C@H]2CCCN(c3nc4ccccc4[nH]c3=O)C2)ccc1OC. The van der Waals surface area contributed by atoms with Gasteiger partial charge in [-0.25, -0.2) is 4.98 Å². The molecule has 2 N–H and O–H groups in total. The van der Waals surface area contributed by atoms with Gasteiger partial charge in [-0.05, 0) is 49.6 Å². The Morgan fingerprint density at radius 1 is 1.25 bits per heavy atom. The highest BCUT2D eigenvalue weighted by Gasteiger charge is 2.28. The van der Waals surface area contributed by atoms with E-state index in [1.54, 1.807) is 7.11 Å². The summed E-state index contributed by atoms with van der Waals surface area (Å²) < 4.78 is 10.9. The van der Waals surface area contributed by atoms with Crippen molar-refractivity contribution in [3.8, 4) is 11.5 Å². The summed E-state index contributed by atoms with van der Waals surface area (Å²) in [6.45, 7) is 4.01. The smallest absolute Gasteiger partial charge is 0.291 e. The number of H-pyrrole nitrogens is 1. The van der Waals surface area contributed by atoms with E-state index in [1.807, 2.05) is 54.3 Å². The lowest BCUT2D eigenvalue weighted by molar-refractivity contribution is -0.125. The summed E-state index contributed by atoms with van der Waals surface area (Å²) in [5, 5.41) is 3.02. The molecule has 1 aliphatic rings. The fourth-order valence-corrected chi connectivity index (χ4v) is 4.05. The monoisotopic (exact) mass is 436 g/mol. The van der Waals surface area contributed by atoms with Crippen molar-refractivity contribution in [3.05, 3.63) is 58.4 Å². The van der Waals surface area contributed by atoms with Crippen molar-refractivity contribution in [3.63, 3.8) is 0 Å². The molecule has 2 heterocycles. The van der Waals surface area contributed by atoms with Crippen molar-refractivity contribution in [2.45, 2.75) is 26.3 Å². The van der Waals surface area contributed by atoms with Crippen LogP contribution in [0.5, 0.6) is 11.5 Å². The Bertz CT molecular complexity index is 1160. The van der Waals surface area contributed by atoms with Gasteiger partial charge in [0.1, 0.15) is 0 Å². The summed E-state index contributed by atoms with van der Waals surface area (Å²) in [5.41, 5.74) is 2.14. The molecule has 4 rings (SSSR count). The minimum Gasteiger partial charge on any atom is -0.493 e. The van der Waals surface area contributed by atoms with Crippen LogP contribution in [-0.2, 0) is 11.3 Å². The van der Waals surface area contributed by atoms with Crippen LogP contribution < -0.4 is 25.2 Å². The average molecular weight is 437 g/mol. The molecule has 0 spiro atoms. The summed E-state index contributed by atoms with van der Waals surface area (Å²) >= 11 is 0. The molecule has 1 aromatic heterocycles. The number of aromatic nitrogens is 2. The van der Waals surface area contributed by atoms with E-state index in [2.05, 4.69) is 15.3 Å². The van der Waals surface area contributed by atoms with Crippen LogP contribution >= 0.6 is 0 Å². The number of piperidine rings is 1. The molecule has 0 radical (unpaired) electrons. The number of amides is 1. The maximum atomic E-state index is 12.9. The number of para-hydroxylation sites is 2. The van der Waals surface area contributed by atoms with Crippen molar-refractivity contribution in [2.24, 2.45) is 5.92 Å². The van der Waals surface area contributed by atoms with Gasteiger partial charge in [-0.1, -0.05) is 18.2 Å². The number of hydrogen-bond acceptors (Lipinski definition) is 6. The molecule has 0 bridgehead atoms. The lowest BCUT2D eigenvalue weighted by Crippen LogP contribution is -2.44. The van der Waals surface area contributed by atoms with E-state index in [1.165, 1.54) is 0 Å². The van der Waals surface area contributed by atoms with Crippen molar-refractivity contribution in [2.75, 3.05) is 31.7 Å². The number of rotatable bonds is 7. The number of anilines is 1. The van der Waals surface area contributed by atoms with E-state index in [0.29, 0.717) is 49.1 Å². The predicted molar refractivity (Wildman–Crippen MR) is 123 cm³/mol. The molecule has 32 heavy (non-hydrogen) atoms. The fraction of sp³-hybridized carbons (Fsp3) is 0.375. The second-order valence-corrected chi connectivity index (χ2v) is 7.83. The molecular weight excluding hydrogens is 408 g/mol. The molecule has 0 aliphatic carbocycles. The number of carbonyl (C=O) groups is 1. The van der Waals surface area contributed by atoms with Gasteiger partial charge in [0.15, 0.2) is 17.3 Å². The highest BCUT2D eigenvalue weighted by Crippen LogP contribution is 2.28. The van der Waals surface area contributed by atoms with E-state index in [9.17, 15) is 9.59 Å². The zero-order valence-electron chi connectivity index (χ0n) is 18.4. The molecule has 3 aromatic rings. The first kappa shape index (κ1) is 21.7. The number of benzene rings is 2. The number of aromatic amines is 1. The molecule has 1 atom stereocenters. The molecule has 1 amide bonds. The van der Waals surface area contributed by atoms with Gasteiger partial charge in [-0.15, -0.1) is 0 Å². The Labute approximate surface area is 186 Å². The van der Waals surface area contributed by atoms with Gasteiger partial charge in [0.05, 0.1) is 30.7 Å². The Balaban J connectivity index is 1.42. The van der Waals surface area contributed by atoms with Crippen molar-refractivity contribution in [1.29, 1.82) is 0 Å². The molecule has 8 heteroatoms. The normalized spacial score (nSPS) is 16.1. The lowest BCUT2D eigenvalue weighted by Gasteiger charge is -2.32. The molecule has 1 saturated heterocycles. The number of nitrogens with one attached hydrogen (secondary N) is 2. The Kier molecular flexibility index (Phi) is 6.58. The van der Waals surface area contributed by atoms with Crippen LogP contribution in [0.2, 0.25) is 0 Å². The Hall–Kier alpha value is -3.55. The molecule has 1 aliphatic heterocycles. The molecule has 168 valence electrons. The standard InChI is InChI=1S/C24H28N4O4/c1-3-32-21-13-16(10-11-20(21)31-2)14-25-23(29)17-7-6-12-28(15-17)22-24(30)27-19-9-5-4-8-18(19)26-22/h4-5,8-11,13,17H,3,6-7,12,14-15H2,1-2H3,(H,25,29)(H,27,30)/t17-/m0/s1. The number of hydrogen-bond donors (Lipinski definition) is 2. The van der Waals surface area contributed by atoms with Crippen LogP contribution in [-0.4, -0.2) is 42.7 Å². The minimum absolute atomic E-state index is 0.0271. The van der Waals surface area contributed by atoms with Crippen LogP contribution in [0.25, 0.3) is 11.0 Å². The highest BCUT2D eigenvalue weighted by molar-refractivity contribution is 5.80. The number of nitrogens with zero attached hydrogens (tertiary/aromatic N) is 2. The van der Waals surface area contributed by atoms with Crippen LogP contribution in [0.3, 0.4) is 0 Å². The van der Waals surface area contributed by atoms with Crippen molar-refractivity contribution in [1.82, 2.24) is 15.3 Å². The van der Waals surface area contributed by atoms with Crippen LogP contribution in [0, 0.1) is 5.92 Å². The minimum atomic E-state index is -0.230. The first-order valence-electron chi connectivity index (χ1n) is 10.9. The molecule has 0 saturated carbocycles. The van der Waals surface area contributed by atoms with Crippen LogP contribution in [0.4, 0.5) is 5.82 Å². The van der Waals surface area contributed by atoms with E-state index < -0.39 is 0 Å². The largest absolute Gasteiger partial charge is 0.493 e. The van der Waals surface area contributed by atoms with Gasteiger partial charge >= 0.3 is 0 Å². The molecule has 1 fully saturated rings. The quantitative estimate of drug-likeness (QED) is 0.591. The maximum Gasteiger partial charge on any atom is 0.291 e. The topological polar surface area (TPSA) is 96.5 Å². The number of methoxy groups -OCH3 is 1. The van der Waals surface area contributed by atoms with Gasteiger partial charge in [0.25, 0.3) is 5.56 Å². The van der Waals surface area contributed by atoms with E-state index in [4.69, 9.17) is 9.47 Å². The van der Waals surface area contributed by atoms with Gasteiger partial charge in [-0.3, -0.25) is 9.59 Å². The third-order valence-electron chi connectivity index (χ3n) is 5.67. The third kappa shape index (κ3) is 4.69. The van der Waals surface area contributed by atoms with Crippen LogP contribution in [0.1, 0.15) is 25.3 Å². The van der Waals surface area contributed by atoms with Gasteiger partial charge in [0.2, 0.25) is 5.91 Å². The van der Waals surface area contributed by atoms with E-state index in [-0.39, 0.29) is 17.4 Å². The molecule has 0 unspecified atom stereocenters. The van der Waals surface area contributed by atoms with Gasteiger partial charge < -0.3 is 24.7 Å². The summed E-state index contributed by atoms with van der Waals surface area (Å²) in [6.07, 6.45) is 1.60. The zero-order valence-corrected chi connectivity index (χ0v) is 18.4. The third-order valence-corrected chi connectivity index (χ3v) is 5.67. The number of fused-ring (bicyclic) bond motifs is 1. The predicted octanol–water partition coefficient (Wildman–Crippen LogP) is 2.86. The number of carbonyl (C=O) groups excluding carboxylic acids is 1. The van der Waals surface area contributed by atoms with E-state index in [0.717, 1.165) is 23.9 Å². The summed E-state index contributed by atoms with van der Waals surface area (Å²) in [7, 11) is 1.60. The maximum absolute atomic E-state index is 12.9. The summed E-state index contributed by atoms with van der Waals surface area (Å²) in [4.78, 5) is 34.8. The van der Waals surface area contributed by atoms with Gasteiger partial charge in [0, 0.05) is 19.6 Å². The Morgan fingerprint density at radius 3 is 2.91 bits per heavy atom. The fourth-order valence-electron chi connectivity index (χ4n) is 4.05. The number of ether oxygens (including phenoxy) is 2. The van der Waals surface area contributed by atoms with Gasteiger partial charge in [-0.2, -0.15) is 0 Å². The summed E-state index contributed by atoms with van der Waals surface area (Å²) in [6, 6.07) is 13.1. The summed E-state index contributed by atoms with van der Waals surface area (Å²) in [5.74, 6) is 1.46. The first-order chi connectivity index (χ1) is 15.6. The van der Waals surface area contributed by atoms with E-state index >= 15 is 0 Å². The molecule has 8 nitrogen and oxygen atoms in total. The second-order valence-electron chi connectivity index (χ2n) is 7.83. The first-order valence-corrected chi connectivity index (χ1v) is 10.9. The van der Waals surface area contributed by atoms with Crippen molar-refractivity contribution >= 4 is 22.8 Å².